The van der Waals surface area contributed by atoms with Crippen LogP contribution in [0.4, 0.5) is 5.13 Å². The molecule has 6 nitrogen and oxygen atoms in total. The summed E-state index contributed by atoms with van der Waals surface area (Å²) in [5.41, 5.74) is 0.514. The van der Waals surface area contributed by atoms with Crippen LogP contribution in [0.25, 0.3) is 0 Å². The summed E-state index contributed by atoms with van der Waals surface area (Å²) in [6.07, 6.45) is 2.16. The molecular weight excluding hydrogens is 278 g/mol. The van der Waals surface area contributed by atoms with E-state index in [1.807, 2.05) is 7.05 Å². The molecule has 1 aromatic heterocycles. The van der Waals surface area contributed by atoms with E-state index >= 15 is 0 Å². The molecule has 0 bridgehead atoms. The average molecular weight is 299 g/mol. The van der Waals surface area contributed by atoms with Crippen LogP contribution in [0.2, 0.25) is 0 Å². The molecule has 20 heavy (non-hydrogen) atoms. The number of carboxylic acids is 1. The first-order valence-corrected chi connectivity index (χ1v) is 7.48. The van der Waals surface area contributed by atoms with Gasteiger partial charge in [-0.1, -0.05) is 11.3 Å². The van der Waals surface area contributed by atoms with E-state index in [0.717, 1.165) is 31.1 Å². The predicted molar refractivity (Wildman–Crippen MR) is 78.7 cm³/mol. The predicted octanol–water partition coefficient (Wildman–Crippen LogP) is 1.52. The van der Waals surface area contributed by atoms with Crippen LogP contribution in [0.1, 0.15) is 28.2 Å². The second-order valence-corrected chi connectivity index (χ2v) is 6.13. The number of carboxylic acid groups (broad SMARTS) is 1. The number of carbonyl (C=O) groups is 1. The molecule has 1 aliphatic heterocycles. The highest BCUT2D eigenvalue weighted by Gasteiger charge is 2.25. The standard InChI is InChI=1S/C13H21N3O3S/c1-15-6-4-9(5-7-15)16(2)13-14-10(8-19-3)11(20-13)12(17)18/h9H,4-8H2,1-3H3,(H,17,18). The zero-order chi connectivity index (χ0) is 14.7. The number of ether oxygens (including phenoxy) is 1. The van der Waals surface area contributed by atoms with Gasteiger partial charge in [-0.2, -0.15) is 0 Å². The van der Waals surface area contributed by atoms with E-state index in [2.05, 4.69) is 21.8 Å². The van der Waals surface area contributed by atoms with Gasteiger partial charge in [0.05, 0.1) is 12.3 Å². The molecule has 1 N–H and O–H groups in total. The van der Waals surface area contributed by atoms with Gasteiger partial charge in [-0.3, -0.25) is 0 Å². The molecule has 1 saturated heterocycles. The summed E-state index contributed by atoms with van der Waals surface area (Å²) in [5.74, 6) is -0.933. The Morgan fingerprint density at radius 2 is 2.20 bits per heavy atom. The molecule has 112 valence electrons. The number of rotatable bonds is 5. The Morgan fingerprint density at radius 3 is 2.75 bits per heavy atom. The SMILES string of the molecule is COCc1nc(N(C)C2CCN(C)CC2)sc1C(=O)O. The Morgan fingerprint density at radius 1 is 1.55 bits per heavy atom. The van der Waals surface area contributed by atoms with Crippen molar-refractivity contribution in [1.29, 1.82) is 0 Å². The Hall–Kier alpha value is -1.18. The van der Waals surface area contributed by atoms with Gasteiger partial charge in [-0.15, -0.1) is 0 Å². The van der Waals surface area contributed by atoms with Crippen molar-refractivity contribution in [3.8, 4) is 0 Å². The summed E-state index contributed by atoms with van der Waals surface area (Å²) in [6.45, 7) is 2.37. The lowest BCUT2D eigenvalue weighted by Gasteiger charge is -2.34. The molecule has 0 radical (unpaired) electrons. The molecule has 7 heteroatoms. The first-order valence-electron chi connectivity index (χ1n) is 6.66. The zero-order valence-electron chi connectivity index (χ0n) is 12.1. The number of hydrogen-bond acceptors (Lipinski definition) is 6. The second-order valence-electron chi connectivity index (χ2n) is 5.16. The molecule has 0 amide bonds. The summed E-state index contributed by atoms with van der Waals surface area (Å²) in [4.78, 5) is 20.4. The van der Waals surface area contributed by atoms with Crippen molar-refractivity contribution >= 4 is 22.4 Å². The molecule has 0 saturated carbocycles. The van der Waals surface area contributed by atoms with Gasteiger partial charge in [0.2, 0.25) is 0 Å². The Bertz CT molecular complexity index is 469. The van der Waals surface area contributed by atoms with E-state index < -0.39 is 5.97 Å². The van der Waals surface area contributed by atoms with Gasteiger partial charge in [-0.05, 0) is 33.0 Å². The van der Waals surface area contributed by atoms with Gasteiger partial charge >= 0.3 is 5.97 Å². The monoisotopic (exact) mass is 299 g/mol. The van der Waals surface area contributed by atoms with E-state index in [1.54, 1.807) is 7.11 Å². The van der Waals surface area contributed by atoms with Crippen molar-refractivity contribution in [3.63, 3.8) is 0 Å². The number of thiazole rings is 1. The smallest absolute Gasteiger partial charge is 0.347 e. The first kappa shape index (κ1) is 15.2. The molecule has 2 heterocycles. The van der Waals surface area contributed by atoms with Gasteiger partial charge in [0.25, 0.3) is 0 Å². The number of aromatic nitrogens is 1. The third kappa shape index (κ3) is 3.28. The summed E-state index contributed by atoms with van der Waals surface area (Å²) in [7, 11) is 5.67. The lowest BCUT2D eigenvalue weighted by atomic mass is 10.0. The van der Waals surface area contributed by atoms with E-state index in [9.17, 15) is 9.90 Å². The molecule has 1 aliphatic rings. The van der Waals surface area contributed by atoms with Crippen LogP contribution in [0.3, 0.4) is 0 Å². The minimum Gasteiger partial charge on any atom is -0.477 e. The number of hydrogen-bond donors (Lipinski definition) is 1. The van der Waals surface area contributed by atoms with Gasteiger partial charge in [0.15, 0.2) is 5.13 Å². The van der Waals surface area contributed by atoms with Crippen molar-refractivity contribution in [3.05, 3.63) is 10.6 Å². The van der Waals surface area contributed by atoms with Gasteiger partial charge in [-0.25, -0.2) is 9.78 Å². The topological polar surface area (TPSA) is 65.9 Å². The molecule has 2 rings (SSSR count). The summed E-state index contributed by atoms with van der Waals surface area (Å²) >= 11 is 1.23. The Labute approximate surface area is 123 Å². The fourth-order valence-electron chi connectivity index (χ4n) is 2.43. The van der Waals surface area contributed by atoms with Gasteiger partial charge < -0.3 is 19.6 Å². The van der Waals surface area contributed by atoms with Gasteiger partial charge in [0.1, 0.15) is 4.88 Å². The maximum atomic E-state index is 11.2. The zero-order valence-corrected chi connectivity index (χ0v) is 12.9. The van der Waals surface area contributed by atoms with Crippen molar-refractivity contribution < 1.29 is 14.6 Å². The number of likely N-dealkylation sites (tertiary alicyclic amines) is 1. The molecule has 1 aromatic rings. The maximum Gasteiger partial charge on any atom is 0.347 e. The minimum atomic E-state index is -0.933. The minimum absolute atomic E-state index is 0.235. The molecule has 1 fully saturated rings. The number of aromatic carboxylic acids is 1. The lowest BCUT2D eigenvalue weighted by molar-refractivity contribution is 0.0697. The number of piperidine rings is 1. The highest BCUT2D eigenvalue weighted by Crippen LogP contribution is 2.29. The molecular formula is C13H21N3O3S. The fraction of sp³-hybridized carbons (Fsp3) is 0.692. The van der Waals surface area contributed by atoms with E-state index in [-0.39, 0.29) is 11.5 Å². The summed E-state index contributed by atoms with van der Waals surface area (Å²) < 4.78 is 5.03. The largest absolute Gasteiger partial charge is 0.477 e. The van der Waals surface area contributed by atoms with Crippen LogP contribution >= 0.6 is 11.3 Å². The Balaban J connectivity index is 2.15. The number of nitrogens with zero attached hydrogens (tertiary/aromatic N) is 3. The summed E-state index contributed by atoms with van der Waals surface area (Å²) in [6, 6.07) is 0.425. The van der Waals surface area contributed by atoms with Crippen LogP contribution in [-0.4, -0.2) is 61.3 Å². The van der Waals surface area contributed by atoms with Crippen LogP contribution in [0.5, 0.6) is 0 Å². The number of methoxy groups -OCH3 is 1. The van der Waals surface area contributed by atoms with Crippen molar-refractivity contribution in [2.75, 3.05) is 39.2 Å². The second kappa shape index (κ2) is 6.51. The van der Waals surface area contributed by atoms with E-state index in [1.165, 1.54) is 11.3 Å². The van der Waals surface area contributed by atoms with Gasteiger partial charge in [0, 0.05) is 20.2 Å². The lowest BCUT2D eigenvalue weighted by Crippen LogP contribution is -2.41. The molecule has 0 aromatic carbocycles. The molecule has 0 spiro atoms. The first-order chi connectivity index (χ1) is 9.52. The van der Waals surface area contributed by atoms with E-state index in [0.29, 0.717) is 11.7 Å². The molecule has 0 atom stereocenters. The van der Waals surface area contributed by atoms with Crippen LogP contribution in [0, 0.1) is 0 Å². The van der Waals surface area contributed by atoms with Crippen molar-refractivity contribution in [2.24, 2.45) is 0 Å². The van der Waals surface area contributed by atoms with Crippen molar-refractivity contribution in [2.45, 2.75) is 25.5 Å². The molecule has 0 aliphatic carbocycles. The normalized spacial score (nSPS) is 17.4. The third-order valence-corrected chi connectivity index (χ3v) is 4.88. The fourth-order valence-corrected chi connectivity index (χ4v) is 3.37. The van der Waals surface area contributed by atoms with Crippen molar-refractivity contribution in [1.82, 2.24) is 9.88 Å². The third-order valence-electron chi connectivity index (χ3n) is 3.70. The van der Waals surface area contributed by atoms with Crippen LogP contribution in [-0.2, 0) is 11.3 Å². The van der Waals surface area contributed by atoms with E-state index in [4.69, 9.17) is 4.74 Å². The Kier molecular flexibility index (Phi) is 4.95. The quantitative estimate of drug-likeness (QED) is 0.889. The average Bonchev–Trinajstić information content (AvgIpc) is 2.83. The highest BCUT2D eigenvalue weighted by molar-refractivity contribution is 7.17. The van der Waals surface area contributed by atoms with Crippen LogP contribution < -0.4 is 4.90 Å². The van der Waals surface area contributed by atoms with Crippen LogP contribution in [0.15, 0.2) is 0 Å². The summed E-state index contributed by atoms with van der Waals surface area (Å²) in [5, 5.41) is 9.99. The molecule has 0 unspecified atom stereocenters. The highest BCUT2D eigenvalue weighted by atomic mass is 32.1. The number of anilines is 1. The maximum absolute atomic E-state index is 11.2.